The van der Waals surface area contributed by atoms with Crippen molar-refractivity contribution in [2.75, 3.05) is 7.05 Å². The Balaban J connectivity index is 3.39. The van der Waals surface area contributed by atoms with E-state index in [-0.39, 0.29) is 10.7 Å². The van der Waals surface area contributed by atoms with Crippen molar-refractivity contribution in [3.05, 3.63) is 5.21 Å². The lowest BCUT2D eigenvalue weighted by atomic mass is 10.1. The Labute approximate surface area is 50.2 Å². The van der Waals surface area contributed by atoms with E-state index in [1.807, 2.05) is 20.8 Å². The largest absolute Gasteiger partial charge is 0.613 e. The van der Waals surface area contributed by atoms with E-state index < -0.39 is 0 Å². The molecule has 0 rings (SSSR count). The van der Waals surface area contributed by atoms with Gasteiger partial charge < -0.3 is 5.21 Å². The first kappa shape index (κ1) is 7.88. The highest BCUT2D eigenvalue weighted by atomic mass is 16.5. The van der Waals surface area contributed by atoms with Crippen LogP contribution in [0.1, 0.15) is 20.8 Å². The molecule has 3 heteroatoms. The second-order valence-electron chi connectivity index (χ2n) is 2.93. The molecule has 0 aromatic carbocycles. The SMILES string of the molecule is C[NH+]([O-])NC(C)(C)C. The average molecular weight is 118 g/mol. The minimum absolute atomic E-state index is 0.0255. The Morgan fingerprint density at radius 2 is 1.75 bits per heavy atom. The van der Waals surface area contributed by atoms with Crippen molar-refractivity contribution in [1.82, 2.24) is 5.43 Å². The van der Waals surface area contributed by atoms with Gasteiger partial charge in [0.15, 0.2) is 0 Å². The van der Waals surface area contributed by atoms with Crippen LogP contribution in [-0.2, 0) is 0 Å². The average Bonchev–Trinajstić information content (AvgIpc) is 1.21. The molecular formula is C5H14N2O. The maximum Gasteiger partial charge on any atom is 0.0839 e. The van der Waals surface area contributed by atoms with Crippen molar-refractivity contribution < 1.29 is 5.17 Å². The highest BCUT2D eigenvalue weighted by Gasteiger charge is 2.09. The van der Waals surface area contributed by atoms with Crippen LogP contribution in [0.15, 0.2) is 0 Å². The van der Waals surface area contributed by atoms with Crippen LogP contribution < -0.4 is 10.6 Å². The van der Waals surface area contributed by atoms with Gasteiger partial charge in [-0.15, -0.1) is 0 Å². The minimum atomic E-state index is -0.0775. The molecule has 50 valence electrons. The van der Waals surface area contributed by atoms with E-state index in [2.05, 4.69) is 5.43 Å². The van der Waals surface area contributed by atoms with Crippen molar-refractivity contribution in [1.29, 1.82) is 0 Å². The summed E-state index contributed by atoms with van der Waals surface area (Å²) in [6, 6.07) is 0. The second-order valence-corrected chi connectivity index (χ2v) is 2.93. The molecule has 1 atom stereocenters. The molecule has 0 amide bonds. The zero-order valence-electron chi connectivity index (χ0n) is 5.91. The maximum atomic E-state index is 10.3. The molecule has 0 saturated carbocycles. The van der Waals surface area contributed by atoms with Gasteiger partial charge in [0.05, 0.1) is 12.6 Å². The standard InChI is InChI=1S/C5H14N2O/c1-5(2,3)6-7(4)8/h6-7H,1-4H3. The number of hydroxylamine groups is 1. The van der Waals surface area contributed by atoms with E-state index >= 15 is 0 Å². The Morgan fingerprint density at radius 3 is 1.75 bits per heavy atom. The maximum absolute atomic E-state index is 10.3. The number of quaternary nitrogens is 1. The van der Waals surface area contributed by atoms with Crippen molar-refractivity contribution in [3.63, 3.8) is 0 Å². The lowest BCUT2D eigenvalue weighted by molar-refractivity contribution is -0.882. The van der Waals surface area contributed by atoms with Gasteiger partial charge >= 0.3 is 0 Å². The van der Waals surface area contributed by atoms with Gasteiger partial charge in [0.2, 0.25) is 0 Å². The molecule has 0 saturated heterocycles. The van der Waals surface area contributed by atoms with E-state index in [0.29, 0.717) is 0 Å². The Hall–Kier alpha value is -0.120. The summed E-state index contributed by atoms with van der Waals surface area (Å²) in [5.41, 5.74) is 2.67. The number of rotatable bonds is 1. The van der Waals surface area contributed by atoms with Gasteiger partial charge in [-0.3, -0.25) is 5.17 Å². The fourth-order valence-electron chi connectivity index (χ4n) is 0.528. The third-order valence-corrected chi connectivity index (χ3v) is 0.551. The second kappa shape index (κ2) is 2.44. The van der Waals surface area contributed by atoms with Gasteiger partial charge in [-0.1, -0.05) is 0 Å². The topological polar surface area (TPSA) is 39.5 Å². The fraction of sp³-hybridized carbons (Fsp3) is 1.00. The van der Waals surface area contributed by atoms with Crippen molar-refractivity contribution in [3.8, 4) is 0 Å². The van der Waals surface area contributed by atoms with Crippen LogP contribution in [0, 0.1) is 5.21 Å². The summed E-state index contributed by atoms with van der Waals surface area (Å²) in [4.78, 5) is 0. The molecule has 0 aliphatic heterocycles. The normalized spacial score (nSPS) is 16.1. The van der Waals surface area contributed by atoms with Gasteiger partial charge in [-0.25, -0.2) is 0 Å². The van der Waals surface area contributed by atoms with Crippen LogP contribution in [0.3, 0.4) is 0 Å². The fourth-order valence-corrected chi connectivity index (χ4v) is 0.528. The van der Waals surface area contributed by atoms with Crippen LogP contribution in [-0.4, -0.2) is 12.6 Å². The predicted octanol–water partition coefficient (Wildman–Crippen LogP) is -0.698. The molecular weight excluding hydrogens is 104 g/mol. The number of hydrogen-bond donors (Lipinski definition) is 2. The zero-order chi connectivity index (χ0) is 6.78. The lowest BCUT2D eigenvalue weighted by Gasteiger charge is -2.26. The van der Waals surface area contributed by atoms with Gasteiger partial charge in [-0.2, -0.15) is 5.43 Å². The van der Waals surface area contributed by atoms with E-state index in [1.165, 1.54) is 7.05 Å². The Bertz CT molecular complexity index is 65.3. The first-order chi connectivity index (χ1) is 3.42. The van der Waals surface area contributed by atoms with Crippen molar-refractivity contribution in [2.45, 2.75) is 26.3 Å². The molecule has 0 aromatic heterocycles. The summed E-state index contributed by atoms with van der Waals surface area (Å²) in [5.74, 6) is 0. The third kappa shape index (κ3) is 5.88. The molecule has 0 bridgehead atoms. The number of hydrogen-bond acceptors (Lipinski definition) is 2. The van der Waals surface area contributed by atoms with Crippen LogP contribution in [0.5, 0.6) is 0 Å². The predicted molar refractivity (Wildman–Crippen MR) is 33.1 cm³/mol. The highest BCUT2D eigenvalue weighted by molar-refractivity contribution is 4.62. The monoisotopic (exact) mass is 118 g/mol. The van der Waals surface area contributed by atoms with Crippen LogP contribution >= 0.6 is 0 Å². The quantitative estimate of drug-likeness (QED) is 0.447. The summed E-state index contributed by atoms with van der Waals surface area (Å²) in [7, 11) is 1.52. The van der Waals surface area contributed by atoms with Gasteiger partial charge in [0, 0.05) is 0 Å². The van der Waals surface area contributed by atoms with Crippen LogP contribution in [0.25, 0.3) is 0 Å². The Kier molecular flexibility index (Phi) is 2.40. The molecule has 8 heavy (non-hydrogen) atoms. The van der Waals surface area contributed by atoms with Gasteiger partial charge in [0.1, 0.15) is 0 Å². The smallest absolute Gasteiger partial charge is 0.0839 e. The molecule has 0 aromatic rings. The third-order valence-electron chi connectivity index (χ3n) is 0.551. The molecule has 0 radical (unpaired) electrons. The van der Waals surface area contributed by atoms with Crippen LogP contribution in [0.2, 0.25) is 0 Å². The molecule has 1 unspecified atom stereocenters. The molecule has 0 heterocycles. The summed E-state index contributed by atoms with van der Waals surface area (Å²) in [5, 5.41) is 10.4. The lowest BCUT2D eigenvalue weighted by Crippen LogP contribution is -3.13. The van der Waals surface area contributed by atoms with E-state index in [0.717, 1.165) is 0 Å². The molecule has 0 fully saturated rings. The van der Waals surface area contributed by atoms with Crippen molar-refractivity contribution >= 4 is 0 Å². The molecule has 3 nitrogen and oxygen atoms in total. The first-order valence-electron chi connectivity index (χ1n) is 2.70. The summed E-state index contributed by atoms with van der Waals surface area (Å²) in [6.07, 6.45) is 0. The van der Waals surface area contributed by atoms with E-state index in [1.54, 1.807) is 0 Å². The zero-order valence-corrected chi connectivity index (χ0v) is 5.91. The summed E-state index contributed by atoms with van der Waals surface area (Å²) < 4.78 is 0. The first-order valence-corrected chi connectivity index (χ1v) is 2.70. The minimum Gasteiger partial charge on any atom is -0.613 e. The van der Waals surface area contributed by atoms with E-state index in [9.17, 15) is 5.21 Å². The van der Waals surface area contributed by atoms with Gasteiger partial charge in [-0.05, 0) is 20.8 Å². The highest BCUT2D eigenvalue weighted by Crippen LogP contribution is 1.92. The summed E-state index contributed by atoms with van der Waals surface area (Å²) in [6.45, 7) is 5.86. The van der Waals surface area contributed by atoms with Crippen molar-refractivity contribution in [2.24, 2.45) is 0 Å². The summed E-state index contributed by atoms with van der Waals surface area (Å²) >= 11 is 0. The molecule has 2 N–H and O–H groups in total. The van der Waals surface area contributed by atoms with Gasteiger partial charge in [0.25, 0.3) is 0 Å². The molecule has 0 aliphatic rings. The molecule has 0 spiro atoms. The number of nitrogens with one attached hydrogen (secondary N) is 2. The Morgan fingerprint density at radius 1 is 1.38 bits per heavy atom. The van der Waals surface area contributed by atoms with E-state index in [4.69, 9.17) is 0 Å². The molecule has 0 aliphatic carbocycles. The van der Waals surface area contributed by atoms with Crippen LogP contribution in [0.4, 0.5) is 0 Å².